The van der Waals surface area contributed by atoms with Crippen LogP contribution in [-0.4, -0.2) is 11.6 Å². The first-order valence-corrected chi connectivity index (χ1v) is 7.35. The third kappa shape index (κ3) is 4.46. The standard InChI is InChI=1S/C17H19NO2S/c1-2-11-19-15-5-3-4-6-16(15)20-12-13-7-9-14(10-8-13)17(18)21/h3-10H,2,11-12H2,1H3,(H2,18,21). The van der Waals surface area contributed by atoms with Crippen LogP contribution < -0.4 is 15.2 Å². The molecule has 0 heterocycles. The average Bonchev–Trinajstić information content (AvgIpc) is 2.52. The van der Waals surface area contributed by atoms with Crippen molar-refractivity contribution in [2.45, 2.75) is 20.0 Å². The molecule has 0 aromatic heterocycles. The molecule has 0 saturated heterocycles. The highest BCUT2D eigenvalue weighted by molar-refractivity contribution is 7.80. The van der Waals surface area contributed by atoms with Gasteiger partial charge in [0, 0.05) is 5.56 Å². The average molecular weight is 301 g/mol. The quantitative estimate of drug-likeness (QED) is 0.792. The molecule has 2 aromatic rings. The molecule has 0 atom stereocenters. The molecular formula is C17H19NO2S. The highest BCUT2D eigenvalue weighted by atomic mass is 32.1. The van der Waals surface area contributed by atoms with E-state index in [4.69, 9.17) is 27.4 Å². The number of ether oxygens (including phenoxy) is 2. The van der Waals surface area contributed by atoms with E-state index < -0.39 is 0 Å². The molecule has 3 nitrogen and oxygen atoms in total. The molecule has 0 spiro atoms. The lowest BCUT2D eigenvalue weighted by Gasteiger charge is -2.12. The number of benzene rings is 2. The smallest absolute Gasteiger partial charge is 0.161 e. The zero-order valence-electron chi connectivity index (χ0n) is 12.0. The lowest BCUT2D eigenvalue weighted by atomic mass is 10.1. The molecule has 0 saturated carbocycles. The molecule has 0 fully saturated rings. The summed E-state index contributed by atoms with van der Waals surface area (Å²) in [7, 11) is 0. The minimum Gasteiger partial charge on any atom is -0.490 e. The Bertz CT molecular complexity index is 596. The molecule has 0 bridgehead atoms. The molecule has 2 rings (SSSR count). The lowest BCUT2D eigenvalue weighted by molar-refractivity contribution is 0.262. The van der Waals surface area contributed by atoms with Gasteiger partial charge >= 0.3 is 0 Å². The third-order valence-electron chi connectivity index (χ3n) is 2.94. The van der Waals surface area contributed by atoms with Crippen molar-refractivity contribution >= 4 is 17.2 Å². The number of thiocarbonyl (C=S) groups is 1. The predicted octanol–water partition coefficient (Wildman–Crippen LogP) is 3.69. The Kier molecular flexibility index (Phi) is 5.58. The number of hydrogen-bond donors (Lipinski definition) is 1. The van der Waals surface area contributed by atoms with E-state index in [0.717, 1.165) is 29.0 Å². The molecule has 21 heavy (non-hydrogen) atoms. The van der Waals surface area contributed by atoms with Crippen molar-refractivity contribution in [3.63, 3.8) is 0 Å². The van der Waals surface area contributed by atoms with Gasteiger partial charge in [0.1, 0.15) is 11.6 Å². The van der Waals surface area contributed by atoms with Gasteiger partial charge in [-0.05, 0) is 24.1 Å². The van der Waals surface area contributed by atoms with Gasteiger partial charge in [-0.1, -0.05) is 55.5 Å². The maximum absolute atomic E-state index is 5.83. The molecule has 2 aromatic carbocycles. The summed E-state index contributed by atoms with van der Waals surface area (Å²) < 4.78 is 11.5. The number of hydrogen-bond acceptors (Lipinski definition) is 3. The van der Waals surface area contributed by atoms with Crippen molar-refractivity contribution in [1.82, 2.24) is 0 Å². The van der Waals surface area contributed by atoms with E-state index in [9.17, 15) is 0 Å². The van der Waals surface area contributed by atoms with Crippen LogP contribution in [-0.2, 0) is 6.61 Å². The van der Waals surface area contributed by atoms with Crippen LogP contribution in [0, 0.1) is 0 Å². The minimum absolute atomic E-state index is 0.403. The van der Waals surface area contributed by atoms with Crippen LogP contribution in [0.1, 0.15) is 24.5 Å². The van der Waals surface area contributed by atoms with Crippen LogP contribution in [0.25, 0.3) is 0 Å². The van der Waals surface area contributed by atoms with E-state index in [1.54, 1.807) is 0 Å². The number of rotatable bonds is 7. The second-order valence-corrected chi connectivity index (χ2v) is 5.08. The summed E-state index contributed by atoms with van der Waals surface area (Å²) in [5.41, 5.74) is 7.50. The largest absolute Gasteiger partial charge is 0.490 e. The fraction of sp³-hybridized carbons (Fsp3) is 0.235. The number of nitrogens with two attached hydrogens (primary N) is 1. The Morgan fingerprint density at radius 1 is 1.00 bits per heavy atom. The van der Waals surface area contributed by atoms with E-state index in [0.29, 0.717) is 18.2 Å². The summed E-state index contributed by atoms with van der Waals surface area (Å²) in [6, 6.07) is 15.4. The first kappa shape index (κ1) is 15.3. The van der Waals surface area contributed by atoms with Gasteiger partial charge in [-0.25, -0.2) is 0 Å². The Morgan fingerprint density at radius 3 is 2.19 bits per heavy atom. The summed E-state index contributed by atoms with van der Waals surface area (Å²) >= 11 is 4.93. The monoisotopic (exact) mass is 301 g/mol. The van der Waals surface area contributed by atoms with Crippen LogP contribution >= 0.6 is 12.2 Å². The van der Waals surface area contributed by atoms with Gasteiger partial charge in [0.15, 0.2) is 11.5 Å². The van der Waals surface area contributed by atoms with Crippen LogP contribution in [0.2, 0.25) is 0 Å². The van der Waals surface area contributed by atoms with Crippen molar-refractivity contribution in [3.05, 3.63) is 59.7 Å². The molecule has 0 radical (unpaired) electrons. The van der Waals surface area contributed by atoms with Crippen LogP contribution in [0.4, 0.5) is 0 Å². The molecule has 0 unspecified atom stereocenters. The summed E-state index contributed by atoms with van der Waals surface area (Å²) in [6.45, 7) is 3.24. The first-order chi connectivity index (χ1) is 10.2. The van der Waals surface area contributed by atoms with Gasteiger partial charge in [0.2, 0.25) is 0 Å². The summed E-state index contributed by atoms with van der Waals surface area (Å²) in [5.74, 6) is 1.53. The third-order valence-corrected chi connectivity index (χ3v) is 3.18. The molecule has 2 N–H and O–H groups in total. The zero-order chi connectivity index (χ0) is 15.1. The summed E-state index contributed by atoms with van der Waals surface area (Å²) in [5, 5.41) is 0. The van der Waals surface area contributed by atoms with E-state index in [-0.39, 0.29) is 0 Å². The lowest BCUT2D eigenvalue weighted by Crippen LogP contribution is -2.09. The molecule has 110 valence electrons. The second kappa shape index (κ2) is 7.64. The van der Waals surface area contributed by atoms with Gasteiger partial charge in [-0.3, -0.25) is 0 Å². The highest BCUT2D eigenvalue weighted by Crippen LogP contribution is 2.27. The zero-order valence-corrected chi connectivity index (χ0v) is 12.9. The van der Waals surface area contributed by atoms with E-state index in [1.807, 2.05) is 48.5 Å². The van der Waals surface area contributed by atoms with Crippen molar-refractivity contribution in [3.8, 4) is 11.5 Å². The normalized spacial score (nSPS) is 10.1. The maximum atomic E-state index is 5.83. The second-order valence-electron chi connectivity index (χ2n) is 4.65. The first-order valence-electron chi connectivity index (χ1n) is 6.94. The van der Waals surface area contributed by atoms with Gasteiger partial charge in [0.25, 0.3) is 0 Å². The van der Waals surface area contributed by atoms with Gasteiger partial charge < -0.3 is 15.2 Å². The Balaban J connectivity index is 2.00. The molecule has 0 aliphatic heterocycles. The molecule has 0 aliphatic carbocycles. The molecular weight excluding hydrogens is 282 g/mol. The van der Waals surface area contributed by atoms with Gasteiger partial charge in [0.05, 0.1) is 6.61 Å². The fourth-order valence-corrected chi connectivity index (χ4v) is 1.96. The van der Waals surface area contributed by atoms with Crippen molar-refractivity contribution < 1.29 is 9.47 Å². The highest BCUT2D eigenvalue weighted by Gasteiger charge is 2.04. The molecule has 0 aliphatic rings. The predicted molar refractivity (Wildman–Crippen MR) is 88.9 cm³/mol. The summed E-state index contributed by atoms with van der Waals surface area (Å²) in [6.07, 6.45) is 0.967. The van der Waals surface area contributed by atoms with Gasteiger partial charge in [-0.2, -0.15) is 0 Å². The fourth-order valence-electron chi connectivity index (χ4n) is 1.83. The van der Waals surface area contributed by atoms with E-state index in [2.05, 4.69) is 6.92 Å². The van der Waals surface area contributed by atoms with E-state index in [1.165, 1.54) is 0 Å². The Hall–Kier alpha value is -2.07. The number of para-hydroxylation sites is 2. The van der Waals surface area contributed by atoms with Crippen LogP contribution in [0.15, 0.2) is 48.5 Å². The molecule has 4 heteroatoms. The minimum atomic E-state index is 0.403. The van der Waals surface area contributed by atoms with Crippen molar-refractivity contribution in [2.24, 2.45) is 5.73 Å². The van der Waals surface area contributed by atoms with E-state index >= 15 is 0 Å². The topological polar surface area (TPSA) is 44.5 Å². The Morgan fingerprint density at radius 2 is 1.62 bits per heavy atom. The Labute approximate surface area is 130 Å². The maximum Gasteiger partial charge on any atom is 0.161 e. The molecule has 0 amide bonds. The van der Waals surface area contributed by atoms with Gasteiger partial charge in [-0.15, -0.1) is 0 Å². The van der Waals surface area contributed by atoms with Crippen molar-refractivity contribution in [2.75, 3.05) is 6.61 Å². The van der Waals surface area contributed by atoms with Crippen molar-refractivity contribution in [1.29, 1.82) is 0 Å². The SMILES string of the molecule is CCCOc1ccccc1OCc1ccc(C(N)=S)cc1. The van der Waals surface area contributed by atoms with Crippen LogP contribution in [0.5, 0.6) is 11.5 Å². The summed E-state index contributed by atoms with van der Waals surface area (Å²) in [4.78, 5) is 0.403. The van der Waals surface area contributed by atoms with Crippen LogP contribution in [0.3, 0.4) is 0 Å².